The fraction of sp³-hybridized carbons (Fsp3) is 0.480. The number of carbonyl (C=O) groups excluding carboxylic acids is 3. The Labute approximate surface area is 221 Å². The lowest BCUT2D eigenvalue weighted by atomic mass is 10.1. The standard InChI is InChI=1S/C25H31ClN4O6S/c1-25(36-17-31,24(33)28(2)13-14-29-10-3-4-11-29)30-12-9-22(23(30)32)27-37(34,35)21-8-6-18-15-20(26)7-5-19(18)16-21/h5-8,15-17,22,27H,3-4,9-14H2,1-2H3/t22-,25-/m0/s1. The Kier molecular flexibility index (Phi) is 8.08. The van der Waals surface area contributed by atoms with Crippen LogP contribution >= 0.6 is 11.6 Å². The van der Waals surface area contributed by atoms with Gasteiger partial charge < -0.3 is 14.5 Å². The number of hydrogen-bond donors (Lipinski definition) is 1. The van der Waals surface area contributed by atoms with Gasteiger partial charge >= 0.3 is 0 Å². The van der Waals surface area contributed by atoms with Crippen LogP contribution in [0.2, 0.25) is 5.02 Å². The number of sulfonamides is 1. The lowest BCUT2D eigenvalue weighted by molar-refractivity contribution is -0.187. The zero-order valence-corrected chi connectivity index (χ0v) is 22.4. The molecule has 2 aliphatic heterocycles. The van der Waals surface area contributed by atoms with Gasteiger partial charge in [0.25, 0.3) is 18.1 Å². The van der Waals surface area contributed by atoms with E-state index in [9.17, 15) is 22.8 Å². The van der Waals surface area contributed by atoms with Crippen LogP contribution in [0.4, 0.5) is 0 Å². The molecule has 1 N–H and O–H groups in total. The van der Waals surface area contributed by atoms with Crippen LogP contribution < -0.4 is 4.72 Å². The van der Waals surface area contributed by atoms with Crippen molar-refractivity contribution in [2.75, 3.05) is 39.8 Å². The van der Waals surface area contributed by atoms with Gasteiger partial charge in [0.05, 0.1) is 4.90 Å². The molecule has 10 nitrogen and oxygen atoms in total. The molecule has 2 saturated heterocycles. The molecule has 2 atom stereocenters. The summed E-state index contributed by atoms with van der Waals surface area (Å²) in [4.78, 5) is 42.8. The molecule has 0 unspecified atom stereocenters. The Balaban J connectivity index is 1.47. The number of carbonyl (C=O) groups is 3. The lowest BCUT2D eigenvalue weighted by Crippen LogP contribution is -2.61. The summed E-state index contributed by atoms with van der Waals surface area (Å²) in [5.74, 6) is -1.19. The van der Waals surface area contributed by atoms with E-state index < -0.39 is 33.6 Å². The smallest absolute Gasteiger partial charge is 0.295 e. The second-order valence-corrected chi connectivity index (χ2v) is 11.7. The fourth-order valence-corrected chi connectivity index (χ4v) is 6.35. The molecule has 2 aliphatic rings. The highest BCUT2D eigenvalue weighted by molar-refractivity contribution is 7.89. The molecule has 2 aromatic rings. The van der Waals surface area contributed by atoms with E-state index in [1.807, 2.05) is 0 Å². The molecule has 0 radical (unpaired) electrons. The van der Waals surface area contributed by atoms with E-state index in [0.717, 1.165) is 36.2 Å². The Morgan fingerprint density at radius 3 is 2.57 bits per heavy atom. The number of likely N-dealkylation sites (tertiary alicyclic amines) is 2. The van der Waals surface area contributed by atoms with E-state index in [4.69, 9.17) is 16.3 Å². The summed E-state index contributed by atoms with van der Waals surface area (Å²) >= 11 is 6.01. The number of nitrogens with one attached hydrogen (secondary N) is 1. The van der Waals surface area contributed by atoms with Gasteiger partial charge in [-0.1, -0.05) is 23.7 Å². The van der Waals surface area contributed by atoms with Crippen LogP contribution in [0, 0.1) is 0 Å². The van der Waals surface area contributed by atoms with Crippen molar-refractivity contribution in [3.63, 3.8) is 0 Å². The molecule has 2 amide bonds. The van der Waals surface area contributed by atoms with E-state index >= 15 is 0 Å². The van der Waals surface area contributed by atoms with Gasteiger partial charge in [0.1, 0.15) is 6.04 Å². The normalized spacial score (nSPS) is 20.2. The number of benzene rings is 2. The molecular weight excluding hydrogens is 520 g/mol. The van der Waals surface area contributed by atoms with Gasteiger partial charge in [-0.05, 0) is 67.4 Å². The monoisotopic (exact) mass is 550 g/mol. The van der Waals surface area contributed by atoms with Crippen molar-refractivity contribution in [2.24, 2.45) is 0 Å². The van der Waals surface area contributed by atoms with Crippen molar-refractivity contribution in [1.82, 2.24) is 19.4 Å². The molecule has 200 valence electrons. The molecule has 2 heterocycles. The Morgan fingerprint density at radius 2 is 1.86 bits per heavy atom. The minimum atomic E-state index is -4.06. The quantitative estimate of drug-likeness (QED) is 0.448. The number of hydrogen-bond acceptors (Lipinski definition) is 7. The van der Waals surface area contributed by atoms with Gasteiger partial charge in [-0.2, -0.15) is 4.72 Å². The molecule has 4 rings (SSSR count). The van der Waals surface area contributed by atoms with Gasteiger partial charge in [0.2, 0.25) is 15.9 Å². The number of rotatable bonds is 10. The second-order valence-electron chi connectivity index (χ2n) is 9.58. The summed E-state index contributed by atoms with van der Waals surface area (Å²) in [5.41, 5.74) is -1.89. The van der Waals surface area contributed by atoms with E-state index in [0.29, 0.717) is 23.5 Å². The lowest BCUT2D eigenvalue weighted by Gasteiger charge is -2.38. The summed E-state index contributed by atoms with van der Waals surface area (Å²) in [7, 11) is -2.46. The third kappa shape index (κ3) is 5.74. The Hall–Kier alpha value is -2.73. The van der Waals surface area contributed by atoms with Gasteiger partial charge in [-0.3, -0.25) is 19.3 Å². The number of fused-ring (bicyclic) bond motifs is 1. The predicted molar refractivity (Wildman–Crippen MR) is 138 cm³/mol. The summed E-state index contributed by atoms with van der Waals surface area (Å²) < 4.78 is 33.9. The minimum Gasteiger partial charge on any atom is -0.432 e. The average Bonchev–Trinajstić information content (AvgIpc) is 3.51. The van der Waals surface area contributed by atoms with Gasteiger partial charge in [0, 0.05) is 38.6 Å². The number of likely N-dealkylation sites (N-methyl/N-ethyl adjacent to an activating group) is 1. The average molecular weight is 551 g/mol. The van der Waals surface area contributed by atoms with Crippen LogP contribution in [0.1, 0.15) is 26.2 Å². The van der Waals surface area contributed by atoms with E-state index in [-0.39, 0.29) is 24.3 Å². The highest BCUT2D eigenvalue weighted by atomic mass is 35.5. The summed E-state index contributed by atoms with van der Waals surface area (Å²) in [5, 5.41) is 2.00. The third-order valence-electron chi connectivity index (χ3n) is 7.07. The third-order valence-corrected chi connectivity index (χ3v) is 8.78. The second kappa shape index (κ2) is 10.9. The number of halogens is 1. The highest BCUT2D eigenvalue weighted by Crippen LogP contribution is 2.28. The minimum absolute atomic E-state index is 0.00167. The van der Waals surface area contributed by atoms with Crippen molar-refractivity contribution >= 4 is 50.7 Å². The van der Waals surface area contributed by atoms with Crippen LogP contribution in [0.5, 0.6) is 0 Å². The number of nitrogens with zero attached hydrogens (tertiary/aromatic N) is 3. The van der Waals surface area contributed by atoms with Crippen molar-refractivity contribution in [3.05, 3.63) is 41.4 Å². The summed E-state index contributed by atoms with van der Waals surface area (Å²) in [6.07, 6.45) is 2.36. The molecule has 37 heavy (non-hydrogen) atoms. The van der Waals surface area contributed by atoms with Crippen LogP contribution in [0.3, 0.4) is 0 Å². The first-order valence-corrected chi connectivity index (χ1v) is 14.0. The molecule has 2 aromatic carbocycles. The number of amides is 2. The molecular formula is C25H31ClN4O6S. The van der Waals surface area contributed by atoms with E-state index in [1.165, 1.54) is 24.0 Å². The Bertz CT molecular complexity index is 1300. The van der Waals surface area contributed by atoms with Gasteiger partial charge in [-0.15, -0.1) is 0 Å². The molecule has 0 aliphatic carbocycles. The van der Waals surface area contributed by atoms with Crippen LogP contribution in [0.15, 0.2) is 41.3 Å². The zero-order valence-electron chi connectivity index (χ0n) is 20.9. The fourth-order valence-electron chi connectivity index (χ4n) is 4.91. The molecule has 12 heteroatoms. The van der Waals surface area contributed by atoms with Crippen molar-refractivity contribution in [2.45, 2.75) is 42.8 Å². The van der Waals surface area contributed by atoms with Gasteiger partial charge in [-0.25, -0.2) is 8.42 Å². The van der Waals surface area contributed by atoms with Crippen molar-refractivity contribution in [3.8, 4) is 0 Å². The highest BCUT2D eigenvalue weighted by Gasteiger charge is 2.51. The predicted octanol–water partition coefficient (Wildman–Crippen LogP) is 1.82. The maximum Gasteiger partial charge on any atom is 0.295 e. The zero-order chi connectivity index (χ0) is 26.8. The first-order valence-electron chi connectivity index (χ1n) is 12.2. The maximum atomic E-state index is 13.3. The summed E-state index contributed by atoms with van der Waals surface area (Å²) in [6, 6.07) is 8.59. The van der Waals surface area contributed by atoms with Crippen LogP contribution in [-0.2, 0) is 29.1 Å². The van der Waals surface area contributed by atoms with Crippen molar-refractivity contribution in [1.29, 1.82) is 0 Å². The SMILES string of the molecule is CN(CCN1CCCC1)C(=O)[C@](C)(OC=O)N1CC[C@H](NS(=O)(=O)c2ccc3cc(Cl)ccc3c2)C1=O. The largest absolute Gasteiger partial charge is 0.432 e. The number of ether oxygens (including phenoxy) is 1. The first kappa shape index (κ1) is 27.3. The van der Waals surface area contributed by atoms with Crippen LogP contribution in [-0.4, -0.2) is 92.9 Å². The molecule has 0 saturated carbocycles. The molecule has 2 fully saturated rings. The Morgan fingerprint density at radius 1 is 1.19 bits per heavy atom. The van der Waals surface area contributed by atoms with Crippen LogP contribution in [0.25, 0.3) is 10.8 Å². The maximum absolute atomic E-state index is 13.3. The van der Waals surface area contributed by atoms with Crippen molar-refractivity contribution < 1.29 is 27.5 Å². The van der Waals surface area contributed by atoms with E-state index in [1.54, 1.807) is 31.3 Å². The summed E-state index contributed by atoms with van der Waals surface area (Å²) in [6.45, 7) is 4.56. The molecule has 0 aromatic heterocycles. The first-order chi connectivity index (χ1) is 17.5. The topological polar surface area (TPSA) is 116 Å². The van der Waals surface area contributed by atoms with E-state index in [2.05, 4.69) is 9.62 Å². The molecule has 0 spiro atoms. The molecule has 0 bridgehead atoms. The van der Waals surface area contributed by atoms with Gasteiger partial charge in [0.15, 0.2) is 0 Å².